The molecule has 0 saturated carbocycles. The van der Waals surface area contributed by atoms with Gasteiger partial charge in [0.15, 0.2) is 0 Å². The summed E-state index contributed by atoms with van der Waals surface area (Å²) in [7, 11) is 0. The van der Waals surface area contributed by atoms with E-state index in [9.17, 15) is 0 Å². The molecule has 3 N–H and O–H groups in total. The van der Waals surface area contributed by atoms with E-state index in [1.807, 2.05) is 6.92 Å². The molecule has 0 bridgehead atoms. The molecule has 0 unspecified atom stereocenters. The van der Waals surface area contributed by atoms with Crippen molar-refractivity contribution in [3.05, 3.63) is 0 Å². The van der Waals surface area contributed by atoms with Crippen molar-refractivity contribution in [2.24, 2.45) is 5.73 Å². The van der Waals surface area contributed by atoms with Crippen molar-refractivity contribution in [1.29, 1.82) is 0 Å². The monoisotopic (exact) mass is 181 g/mol. The molecule has 0 aliphatic carbocycles. The van der Waals surface area contributed by atoms with Gasteiger partial charge in [0.05, 0.1) is 18.8 Å². The fourth-order valence-corrected chi connectivity index (χ4v) is 1.22. The van der Waals surface area contributed by atoms with Gasteiger partial charge < -0.3 is 15.6 Å². The highest BCUT2D eigenvalue weighted by atomic mass is 35.5. The van der Waals surface area contributed by atoms with Crippen molar-refractivity contribution in [3.8, 4) is 0 Å². The Bertz CT molecular complexity index is 113. The number of hydrogen-bond donors (Lipinski definition) is 2. The van der Waals surface area contributed by atoms with E-state index >= 15 is 0 Å². The molecule has 1 aliphatic rings. The van der Waals surface area contributed by atoms with Crippen molar-refractivity contribution in [2.45, 2.75) is 38.0 Å². The van der Waals surface area contributed by atoms with Gasteiger partial charge in [-0.25, -0.2) is 0 Å². The van der Waals surface area contributed by atoms with Gasteiger partial charge in [0.1, 0.15) is 0 Å². The molecule has 1 saturated heterocycles. The molecule has 0 radical (unpaired) electrons. The summed E-state index contributed by atoms with van der Waals surface area (Å²) in [4.78, 5) is 0. The molecule has 3 atom stereocenters. The third-order valence-electron chi connectivity index (χ3n) is 2.04. The second-order valence-corrected chi connectivity index (χ2v) is 2.89. The summed E-state index contributed by atoms with van der Waals surface area (Å²) < 4.78 is 5.37. The number of aliphatic hydroxyl groups is 1. The summed E-state index contributed by atoms with van der Waals surface area (Å²) in [6.07, 6.45) is 1.98. The van der Waals surface area contributed by atoms with Crippen LogP contribution in [0.5, 0.6) is 0 Å². The van der Waals surface area contributed by atoms with E-state index in [2.05, 4.69) is 0 Å². The Hall–Kier alpha value is 0.170. The summed E-state index contributed by atoms with van der Waals surface area (Å²) in [6, 6.07) is 0.155. The molecule has 3 nitrogen and oxygen atoms in total. The first-order valence-corrected chi connectivity index (χ1v) is 3.76. The number of aliphatic hydroxyl groups excluding tert-OH is 1. The van der Waals surface area contributed by atoms with Crippen LogP contribution >= 0.6 is 12.4 Å². The SMILES string of the molecule is C[C@H]1O[C@H](CO)CC[C@H]1N.Cl. The lowest BCUT2D eigenvalue weighted by atomic mass is 10.0. The molecule has 1 aliphatic heterocycles. The van der Waals surface area contributed by atoms with Crippen LogP contribution in [0, 0.1) is 0 Å². The van der Waals surface area contributed by atoms with E-state index in [1.165, 1.54) is 0 Å². The smallest absolute Gasteiger partial charge is 0.0810 e. The Morgan fingerprint density at radius 3 is 2.64 bits per heavy atom. The Labute approximate surface area is 73.3 Å². The van der Waals surface area contributed by atoms with Crippen molar-refractivity contribution in [1.82, 2.24) is 0 Å². The number of ether oxygens (including phenoxy) is 1. The van der Waals surface area contributed by atoms with Gasteiger partial charge >= 0.3 is 0 Å². The molecule has 68 valence electrons. The largest absolute Gasteiger partial charge is 0.394 e. The van der Waals surface area contributed by atoms with Gasteiger partial charge in [-0.2, -0.15) is 0 Å². The average Bonchev–Trinajstić information content (AvgIpc) is 1.95. The van der Waals surface area contributed by atoms with Gasteiger partial charge in [0.25, 0.3) is 0 Å². The third kappa shape index (κ3) is 2.95. The molecule has 1 fully saturated rings. The first-order valence-electron chi connectivity index (χ1n) is 3.76. The van der Waals surface area contributed by atoms with Gasteiger partial charge in [-0.05, 0) is 19.8 Å². The van der Waals surface area contributed by atoms with Crippen molar-refractivity contribution < 1.29 is 9.84 Å². The lowest BCUT2D eigenvalue weighted by Crippen LogP contribution is -2.43. The molecule has 0 aromatic rings. The van der Waals surface area contributed by atoms with Crippen LogP contribution in [-0.4, -0.2) is 30.0 Å². The Kier molecular flexibility index (Phi) is 5.01. The Morgan fingerprint density at radius 1 is 1.55 bits per heavy atom. The zero-order valence-electron chi connectivity index (χ0n) is 6.69. The van der Waals surface area contributed by atoms with Gasteiger partial charge in [-0.3, -0.25) is 0 Å². The minimum absolute atomic E-state index is 0. The third-order valence-corrected chi connectivity index (χ3v) is 2.04. The molecular formula is C7H16ClNO2. The summed E-state index contributed by atoms with van der Waals surface area (Å²) in [5, 5.41) is 8.73. The lowest BCUT2D eigenvalue weighted by Gasteiger charge is -2.31. The number of halogens is 1. The molecule has 0 aromatic heterocycles. The topological polar surface area (TPSA) is 55.5 Å². The van der Waals surface area contributed by atoms with Crippen molar-refractivity contribution >= 4 is 12.4 Å². The lowest BCUT2D eigenvalue weighted by molar-refractivity contribution is -0.0726. The fourth-order valence-electron chi connectivity index (χ4n) is 1.22. The predicted molar refractivity (Wildman–Crippen MR) is 45.9 cm³/mol. The maximum atomic E-state index is 8.73. The van der Waals surface area contributed by atoms with Crippen LogP contribution < -0.4 is 5.73 Å². The van der Waals surface area contributed by atoms with E-state index in [-0.39, 0.29) is 37.3 Å². The van der Waals surface area contributed by atoms with Gasteiger partial charge in [0.2, 0.25) is 0 Å². The second-order valence-electron chi connectivity index (χ2n) is 2.89. The summed E-state index contributed by atoms with van der Waals surface area (Å²) in [5.74, 6) is 0. The maximum Gasteiger partial charge on any atom is 0.0810 e. The highest BCUT2D eigenvalue weighted by Gasteiger charge is 2.24. The second kappa shape index (κ2) is 4.93. The molecule has 11 heavy (non-hydrogen) atoms. The number of rotatable bonds is 1. The van der Waals surface area contributed by atoms with E-state index in [0.29, 0.717) is 0 Å². The fraction of sp³-hybridized carbons (Fsp3) is 1.00. The molecule has 0 amide bonds. The van der Waals surface area contributed by atoms with E-state index in [1.54, 1.807) is 0 Å². The predicted octanol–water partition coefficient (Wildman–Crippen LogP) is 0.295. The number of nitrogens with two attached hydrogens (primary N) is 1. The molecular weight excluding hydrogens is 166 g/mol. The van der Waals surface area contributed by atoms with Gasteiger partial charge in [0, 0.05) is 6.04 Å². The summed E-state index contributed by atoms with van der Waals surface area (Å²) >= 11 is 0. The highest BCUT2D eigenvalue weighted by molar-refractivity contribution is 5.85. The van der Waals surface area contributed by atoms with Crippen LogP contribution in [0.25, 0.3) is 0 Å². The van der Waals surface area contributed by atoms with Gasteiger partial charge in [-0.15, -0.1) is 12.4 Å². The van der Waals surface area contributed by atoms with Crippen molar-refractivity contribution in [2.75, 3.05) is 6.61 Å². The highest BCUT2D eigenvalue weighted by Crippen LogP contribution is 2.16. The van der Waals surface area contributed by atoms with E-state index in [0.717, 1.165) is 12.8 Å². The van der Waals surface area contributed by atoms with E-state index in [4.69, 9.17) is 15.6 Å². The molecule has 1 heterocycles. The van der Waals surface area contributed by atoms with E-state index < -0.39 is 0 Å². The normalized spacial score (nSPS) is 37.9. The minimum Gasteiger partial charge on any atom is -0.394 e. The van der Waals surface area contributed by atoms with Crippen molar-refractivity contribution in [3.63, 3.8) is 0 Å². The quantitative estimate of drug-likeness (QED) is 0.612. The standard InChI is InChI=1S/C7H15NO2.ClH/c1-5-7(8)3-2-6(4-9)10-5;/h5-7,9H,2-4,8H2,1H3;1H/t5-,6+,7-;/m1./s1. The number of hydrogen-bond acceptors (Lipinski definition) is 3. The Morgan fingerprint density at radius 2 is 2.18 bits per heavy atom. The minimum atomic E-state index is 0. The van der Waals surface area contributed by atoms with Crippen LogP contribution in [0.4, 0.5) is 0 Å². The zero-order chi connectivity index (χ0) is 7.56. The maximum absolute atomic E-state index is 8.73. The Balaban J connectivity index is 0.000001000. The van der Waals surface area contributed by atoms with Crippen LogP contribution in [-0.2, 0) is 4.74 Å². The van der Waals surface area contributed by atoms with Crippen LogP contribution in [0.1, 0.15) is 19.8 Å². The first kappa shape index (κ1) is 11.2. The van der Waals surface area contributed by atoms with Crippen LogP contribution in [0.2, 0.25) is 0 Å². The average molecular weight is 182 g/mol. The molecule has 0 spiro atoms. The molecule has 0 aromatic carbocycles. The molecule has 4 heteroatoms. The summed E-state index contributed by atoms with van der Waals surface area (Å²) in [6.45, 7) is 2.07. The van der Waals surface area contributed by atoms with Crippen LogP contribution in [0.15, 0.2) is 0 Å². The first-order chi connectivity index (χ1) is 4.74. The zero-order valence-corrected chi connectivity index (χ0v) is 7.51. The van der Waals surface area contributed by atoms with Crippen LogP contribution in [0.3, 0.4) is 0 Å². The molecule has 1 rings (SSSR count). The van der Waals surface area contributed by atoms with Gasteiger partial charge in [-0.1, -0.05) is 0 Å². The summed E-state index contributed by atoms with van der Waals surface area (Å²) in [5.41, 5.74) is 5.69.